The quantitative estimate of drug-likeness (QED) is 0.134. The summed E-state index contributed by atoms with van der Waals surface area (Å²) in [5, 5.41) is 14.1. The predicted molar refractivity (Wildman–Crippen MR) is 175 cm³/mol. The Balaban J connectivity index is 0.00000386. The number of benzene rings is 4. The Morgan fingerprint density at radius 2 is 1.23 bits per heavy atom. The minimum atomic E-state index is -1.16. The monoisotopic (exact) mass is 801 g/mol. The summed E-state index contributed by atoms with van der Waals surface area (Å²) >= 11 is 0. The minimum absolute atomic E-state index is 0. The van der Waals surface area contributed by atoms with E-state index in [1.165, 1.54) is 0 Å². The maximum absolute atomic E-state index is 15.1. The van der Waals surface area contributed by atoms with Crippen LogP contribution in [0.2, 0.25) is 0 Å². The Labute approximate surface area is 284 Å². The number of halogens is 2. The second-order valence-electron chi connectivity index (χ2n) is 11.6. The first kappa shape index (κ1) is 31.8. The summed E-state index contributed by atoms with van der Waals surface area (Å²) < 4.78 is 28.9. The summed E-state index contributed by atoms with van der Waals surface area (Å²) in [5.41, 5.74) is 3.21. The van der Waals surface area contributed by atoms with Gasteiger partial charge in [0.2, 0.25) is 0 Å². The van der Waals surface area contributed by atoms with E-state index in [1.807, 2.05) is 111 Å². The molecule has 0 aliphatic heterocycles. The van der Waals surface area contributed by atoms with Crippen molar-refractivity contribution < 1.29 is 39.7 Å². The van der Waals surface area contributed by atoms with Gasteiger partial charge in [-0.1, -0.05) is 103 Å². The van der Waals surface area contributed by atoms with E-state index in [1.54, 1.807) is 12.1 Å². The van der Waals surface area contributed by atoms with E-state index in [-0.39, 0.29) is 38.0 Å². The van der Waals surface area contributed by atoms with Crippen molar-refractivity contribution in [2.75, 3.05) is 0 Å². The number of fused-ring (bicyclic) bond motifs is 2. The van der Waals surface area contributed by atoms with Gasteiger partial charge in [-0.05, 0) is 81.5 Å². The molecule has 234 valence electrons. The van der Waals surface area contributed by atoms with Crippen LogP contribution in [0, 0.1) is 18.0 Å². The number of pyridine rings is 3. The van der Waals surface area contributed by atoms with Crippen LogP contribution < -0.4 is 0 Å². The van der Waals surface area contributed by atoms with E-state index in [0.29, 0.717) is 17.0 Å². The van der Waals surface area contributed by atoms with Crippen molar-refractivity contribution in [1.82, 2.24) is 15.0 Å². The molecule has 0 unspecified atom stereocenters. The molecule has 1 N–H and O–H groups in total. The van der Waals surface area contributed by atoms with E-state index >= 15 is 4.39 Å². The average Bonchev–Trinajstić information content (AvgIpc) is 3.07. The Hall–Kier alpha value is -5.13. The Kier molecular flexibility index (Phi) is 8.52. The molecule has 0 saturated heterocycles. The summed E-state index contributed by atoms with van der Waals surface area (Å²) in [5.74, 6) is -3.18. The molecule has 8 heteroatoms. The normalized spacial score (nSPS) is 11.4. The molecular weight excluding hydrogens is 776 g/mol. The van der Waals surface area contributed by atoms with Crippen LogP contribution in [0.5, 0.6) is 0 Å². The zero-order chi connectivity index (χ0) is 32.0. The van der Waals surface area contributed by atoms with Gasteiger partial charge in [-0.15, -0.1) is 6.07 Å². The zero-order valence-corrected chi connectivity index (χ0v) is 27.5. The summed E-state index contributed by atoms with van der Waals surface area (Å²) in [6.07, 6.45) is 0. The molecular formula is C39H26F2N3O2Pt-. The number of aromatic carboxylic acids is 1. The molecule has 0 aliphatic rings. The summed E-state index contributed by atoms with van der Waals surface area (Å²) in [6, 6.07) is 38.4. The molecule has 0 amide bonds. The Morgan fingerprint density at radius 3 is 1.81 bits per heavy atom. The van der Waals surface area contributed by atoms with Gasteiger partial charge in [-0.3, -0.25) is 4.98 Å². The number of carboxylic acid groups (broad SMARTS) is 1. The number of carbonyl (C=O) groups is 1. The van der Waals surface area contributed by atoms with Crippen molar-refractivity contribution in [3.05, 3.63) is 150 Å². The van der Waals surface area contributed by atoms with Gasteiger partial charge in [0.05, 0.1) is 5.69 Å². The second kappa shape index (κ2) is 12.6. The van der Waals surface area contributed by atoms with Crippen molar-refractivity contribution in [2.24, 2.45) is 0 Å². The maximum atomic E-state index is 15.1. The van der Waals surface area contributed by atoms with Crippen molar-refractivity contribution in [3.8, 4) is 33.5 Å². The molecule has 0 fully saturated rings. The van der Waals surface area contributed by atoms with Gasteiger partial charge in [0.15, 0.2) is 0 Å². The van der Waals surface area contributed by atoms with Crippen molar-refractivity contribution in [2.45, 2.75) is 19.3 Å². The van der Waals surface area contributed by atoms with Gasteiger partial charge in [0, 0.05) is 32.2 Å². The number of hydrogen-bond acceptors (Lipinski definition) is 4. The Bertz CT molecular complexity index is 2310. The van der Waals surface area contributed by atoms with Crippen LogP contribution in [-0.2, 0) is 26.5 Å². The zero-order valence-electron chi connectivity index (χ0n) is 25.2. The van der Waals surface area contributed by atoms with Crippen LogP contribution in [0.15, 0.2) is 115 Å². The topological polar surface area (TPSA) is 76.0 Å². The van der Waals surface area contributed by atoms with Gasteiger partial charge in [-0.2, -0.15) is 0 Å². The van der Waals surface area contributed by atoms with Gasteiger partial charge < -0.3 is 10.1 Å². The molecule has 7 aromatic rings. The van der Waals surface area contributed by atoms with Crippen LogP contribution in [0.4, 0.5) is 8.78 Å². The molecule has 0 spiro atoms. The first-order valence-corrected chi connectivity index (χ1v) is 14.7. The number of rotatable bonds is 6. The van der Waals surface area contributed by atoms with Crippen LogP contribution in [0.3, 0.4) is 0 Å². The molecule has 0 atom stereocenters. The van der Waals surface area contributed by atoms with Crippen LogP contribution in [0.1, 0.15) is 35.7 Å². The molecule has 0 saturated carbocycles. The molecule has 4 aromatic carbocycles. The maximum Gasteiger partial charge on any atom is 0.354 e. The SMILES string of the molecule is CC(C)(c1cc(-c2cccc3ccccc23)cc(C(=O)O)n1)c1cc(-c2cccc3ccccc23)cc(-c2[c-]cc(F)nc2F)n1.[Pt]. The molecule has 5 nitrogen and oxygen atoms in total. The van der Waals surface area contributed by atoms with E-state index in [4.69, 9.17) is 4.98 Å². The third-order valence-electron chi connectivity index (χ3n) is 8.35. The smallest absolute Gasteiger partial charge is 0.354 e. The Morgan fingerprint density at radius 1 is 0.702 bits per heavy atom. The molecule has 3 heterocycles. The first-order chi connectivity index (χ1) is 22.2. The number of carboxylic acids is 1. The molecule has 3 aromatic heterocycles. The summed E-state index contributed by atoms with van der Waals surface area (Å²) in [7, 11) is 0. The van der Waals surface area contributed by atoms with Crippen LogP contribution in [0.25, 0.3) is 55.1 Å². The van der Waals surface area contributed by atoms with Gasteiger partial charge in [0.1, 0.15) is 17.6 Å². The molecule has 0 bridgehead atoms. The minimum Gasteiger partial charge on any atom is -0.477 e. The fraction of sp³-hybridized carbons (Fsp3) is 0.0769. The first-order valence-electron chi connectivity index (χ1n) is 14.7. The van der Waals surface area contributed by atoms with Gasteiger partial charge >= 0.3 is 5.97 Å². The van der Waals surface area contributed by atoms with Crippen LogP contribution >= 0.6 is 0 Å². The molecule has 7 rings (SSSR count). The fourth-order valence-corrected chi connectivity index (χ4v) is 5.89. The number of nitrogens with zero attached hydrogens (tertiary/aromatic N) is 3. The number of aromatic nitrogens is 3. The predicted octanol–water partition coefficient (Wildman–Crippen LogP) is 9.28. The fourth-order valence-electron chi connectivity index (χ4n) is 5.89. The summed E-state index contributed by atoms with van der Waals surface area (Å²) in [4.78, 5) is 25.2. The van der Waals surface area contributed by atoms with Crippen LogP contribution in [-0.4, -0.2) is 26.0 Å². The number of hydrogen-bond donors (Lipinski definition) is 1. The molecule has 47 heavy (non-hydrogen) atoms. The van der Waals surface area contributed by atoms with E-state index < -0.39 is 23.3 Å². The van der Waals surface area contributed by atoms with Crippen molar-refractivity contribution >= 4 is 27.5 Å². The molecule has 0 radical (unpaired) electrons. The van der Waals surface area contributed by atoms with Gasteiger partial charge in [0.25, 0.3) is 0 Å². The largest absolute Gasteiger partial charge is 0.477 e. The standard InChI is InChI=1S/C39H26F2N3O2.Pt/c1-39(2,35-22-26(20-33(43-35)38(45)46)30-16-8-12-24-10-4-6-14-28(24)30)34-21-25(29-15-7-11-23-9-3-5-13-27(23)29)19-32(42-34)31-17-18-36(40)44-37(31)41;/h3-16,18-22H,1-2H3,(H,45,46);/q-1;. The van der Waals surface area contributed by atoms with E-state index in [0.717, 1.165) is 44.3 Å². The average molecular weight is 802 g/mol. The third-order valence-corrected chi connectivity index (χ3v) is 8.35. The van der Waals surface area contributed by atoms with E-state index in [2.05, 4.69) is 16.0 Å². The second-order valence-corrected chi connectivity index (χ2v) is 11.6. The van der Waals surface area contributed by atoms with Gasteiger partial charge in [-0.25, -0.2) is 18.6 Å². The third kappa shape index (κ3) is 5.95. The van der Waals surface area contributed by atoms with Crippen molar-refractivity contribution in [1.29, 1.82) is 0 Å². The van der Waals surface area contributed by atoms with Crippen molar-refractivity contribution in [3.63, 3.8) is 0 Å². The molecule has 0 aliphatic carbocycles. The summed E-state index contributed by atoms with van der Waals surface area (Å²) in [6.45, 7) is 3.80. The van der Waals surface area contributed by atoms with E-state index in [9.17, 15) is 14.3 Å².